The van der Waals surface area contributed by atoms with Crippen LogP contribution in [0.2, 0.25) is 0 Å². The predicted octanol–water partition coefficient (Wildman–Crippen LogP) is 1.84. The summed E-state index contributed by atoms with van der Waals surface area (Å²) in [6.45, 7) is 2.95. The molecule has 0 fully saturated rings. The van der Waals surface area contributed by atoms with Gasteiger partial charge in [0.25, 0.3) is 0 Å². The SMILES string of the molecule is CCC(=O)/C=C(/C)F. The Morgan fingerprint density at radius 1 is 1.75 bits per heavy atom. The van der Waals surface area contributed by atoms with Crippen LogP contribution in [0, 0.1) is 0 Å². The number of rotatable bonds is 2. The van der Waals surface area contributed by atoms with Crippen LogP contribution in [0.25, 0.3) is 0 Å². The maximum absolute atomic E-state index is 11.8. The van der Waals surface area contributed by atoms with E-state index in [1.54, 1.807) is 6.92 Å². The molecule has 0 bridgehead atoms. The molecule has 8 heavy (non-hydrogen) atoms. The summed E-state index contributed by atoms with van der Waals surface area (Å²) in [5, 5.41) is 0. The third-order valence-corrected chi connectivity index (χ3v) is 0.708. The zero-order valence-corrected chi connectivity index (χ0v) is 5.07. The van der Waals surface area contributed by atoms with Crippen molar-refractivity contribution in [2.75, 3.05) is 0 Å². The van der Waals surface area contributed by atoms with Crippen molar-refractivity contribution in [3.63, 3.8) is 0 Å². The second-order valence-electron chi connectivity index (χ2n) is 1.55. The van der Waals surface area contributed by atoms with Crippen LogP contribution in [-0.2, 0) is 4.79 Å². The molecule has 1 nitrogen and oxygen atoms in total. The second-order valence-corrected chi connectivity index (χ2v) is 1.55. The van der Waals surface area contributed by atoms with Gasteiger partial charge in [-0.15, -0.1) is 0 Å². The molecule has 0 rings (SSSR count). The van der Waals surface area contributed by atoms with E-state index in [1.807, 2.05) is 0 Å². The van der Waals surface area contributed by atoms with Crippen LogP contribution in [-0.4, -0.2) is 5.78 Å². The molecule has 0 unspecified atom stereocenters. The van der Waals surface area contributed by atoms with E-state index in [4.69, 9.17) is 0 Å². The highest BCUT2D eigenvalue weighted by molar-refractivity contribution is 5.89. The van der Waals surface area contributed by atoms with Crippen LogP contribution in [0.1, 0.15) is 20.3 Å². The molecule has 2 heteroatoms. The van der Waals surface area contributed by atoms with Gasteiger partial charge in [-0.05, 0) is 6.92 Å². The minimum absolute atomic E-state index is 0.162. The smallest absolute Gasteiger partial charge is 0.157 e. The molecular weight excluding hydrogens is 107 g/mol. The molecule has 0 spiro atoms. The van der Waals surface area contributed by atoms with E-state index in [0.29, 0.717) is 6.42 Å². The summed E-state index contributed by atoms with van der Waals surface area (Å²) in [6, 6.07) is 0. The van der Waals surface area contributed by atoms with E-state index in [-0.39, 0.29) is 5.78 Å². The number of allylic oxidation sites excluding steroid dienone is 2. The fourth-order valence-electron chi connectivity index (χ4n) is 0.324. The van der Waals surface area contributed by atoms with E-state index in [2.05, 4.69) is 0 Å². The summed E-state index contributed by atoms with van der Waals surface area (Å²) in [5.74, 6) is -0.582. The number of hydrogen-bond donors (Lipinski definition) is 0. The van der Waals surface area contributed by atoms with Gasteiger partial charge in [0.1, 0.15) is 5.83 Å². The number of ketones is 1. The summed E-state index contributed by atoms with van der Waals surface area (Å²) in [4.78, 5) is 10.3. The maximum Gasteiger partial charge on any atom is 0.157 e. The zero-order valence-electron chi connectivity index (χ0n) is 5.07. The number of carbonyl (C=O) groups excluding carboxylic acids is 1. The summed E-state index contributed by atoms with van der Waals surface area (Å²) in [5.41, 5.74) is 0. The Bertz CT molecular complexity index is 112. The van der Waals surface area contributed by atoms with Gasteiger partial charge in [0.15, 0.2) is 5.78 Å². The Kier molecular flexibility index (Phi) is 3.08. The zero-order chi connectivity index (χ0) is 6.57. The fraction of sp³-hybridized carbons (Fsp3) is 0.500. The Labute approximate surface area is 48.2 Å². The Morgan fingerprint density at radius 2 is 2.25 bits per heavy atom. The van der Waals surface area contributed by atoms with E-state index < -0.39 is 5.83 Å². The van der Waals surface area contributed by atoms with Crippen molar-refractivity contribution in [2.24, 2.45) is 0 Å². The molecule has 0 heterocycles. The lowest BCUT2D eigenvalue weighted by atomic mass is 10.3. The minimum atomic E-state index is -0.420. The van der Waals surface area contributed by atoms with Gasteiger partial charge < -0.3 is 0 Å². The van der Waals surface area contributed by atoms with Crippen LogP contribution in [0.5, 0.6) is 0 Å². The summed E-state index contributed by atoms with van der Waals surface area (Å²) in [6.07, 6.45) is 1.38. The standard InChI is InChI=1S/C6H9FO/c1-3-6(8)4-5(2)7/h4H,3H2,1-2H3/b5-4-. The van der Waals surface area contributed by atoms with E-state index in [9.17, 15) is 9.18 Å². The molecule has 0 atom stereocenters. The van der Waals surface area contributed by atoms with Gasteiger partial charge in [-0.1, -0.05) is 6.92 Å². The lowest BCUT2D eigenvalue weighted by Gasteiger charge is -1.82. The molecule has 0 aromatic carbocycles. The maximum atomic E-state index is 11.8. The molecule has 0 aliphatic rings. The fourth-order valence-corrected chi connectivity index (χ4v) is 0.324. The molecule has 46 valence electrons. The normalized spacial score (nSPS) is 11.6. The van der Waals surface area contributed by atoms with Crippen molar-refractivity contribution in [1.82, 2.24) is 0 Å². The largest absolute Gasteiger partial charge is 0.295 e. The van der Waals surface area contributed by atoms with Crippen LogP contribution in [0.3, 0.4) is 0 Å². The monoisotopic (exact) mass is 116 g/mol. The molecule has 0 saturated heterocycles. The molecule has 0 radical (unpaired) electrons. The average molecular weight is 116 g/mol. The van der Waals surface area contributed by atoms with E-state index in [1.165, 1.54) is 6.92 Å². The summed E-state index contributed by atoms with van der Waals surface area (Å²) in [7, 11) is 0. The van der Waals surface area contributed by atoms with Gasteiger partial charge in [-0.2, -0.15) is 0 Å². The third-order valence-electron chi connectivity index (χ3n) is 0.708. The first-order valence-corrected chi connectivity index (χ1v) is 2.53. The Morgan fingerprint density at radius 3 is 2.38 bits per heavy atom. The van der Waals surface area contributed by atoms with Crippen molar-refractivity contribution in [1.29, 1.82) is 0 Å². The highest BCUT2D eigenvalue weighted by atomic mass is 19.1. The molecule has 0 aromatic heterocycles. The Hall–Kier alpha value is -0.660. The number of halogens is 1. The molecular formula is C6H9FO. The predicted molar refractivity (Wildman–Crippen MR) is 30.2 cm³/mol. The van der Waals surface area contributed by atoms with Crippen LogP contribution in [0.4, 0.5) is 4.39 Å². The lowest BCUT2D eigenvalue weighted by Crippen LogP contribution is -1.87. The molecule has 0 aliphatic carbocycles. The van der Waals surface area contributed by atoms with Crippen LogP contribution in [0.15, 0.2) is 11.9 Å². The average Bonchev–Trinajstić information content (AvgIpc) is 1.65. The quantitative estimate of drug-likeness (QED) is 0.503. The van der Waals surface area contributed by atoms with Crippen LogP contribution < -0.4 is 0 Å². The molecule has 0 amide bonds. The molecule has 0 aromatic rings. The Balaban J connectivity index is 3.70. The van der Waals surface area contributed by atoms with Gasteiger partial charge in [-0.3, -0.25) is 4.79 Å². The highest BCUT2D eigenvalue weighted by Gasteiger charge is 1.90. The van der Waals surface area contributed by atoms with Gasteiger partial charge in [0.05, 0.1) is 0 Å². The van der Waals surface area contributed by atoms with Crippen molar-refractivity contribution in [3.05, 3.63) is 11.9 Å². The first-order valence-electron chi connectivity index (χ1n) is 2.53. The summed E-state index contributed by atoms with van der Waals surface area (Å²) >= 11 is 0. The first kappa shape index (κ1) is 7.34. The first-order chi connectivity index (χ1) is 3.66. The van der Waals surface area contributed by atoms with Crippen LogP contribution >= 0.6 is 0 Å². The molecule has 0 N–H and O–H groups in total. The lowest BCUT2D eigenvalue weighted by molar-refractivity contribution is -0.114. The highest BCUT2D eigenvalue weighted by Crippen LogP contribution is 1.93. The van der Waals surface area contributed by atoms with E-state index >= 15 is 0 Å². The molecule has 0 aliphatic heterocycles. The summed E-state index contributed by atoms with van der Waals surface area (Å²) < 4.78 is 11.8. The molecule has 0 saturated carbocycles. The van der Waals surface area contributed by atoms with Crippen molar-refractivity contribution < 1.29 is 9.18 Å². The topological polar surface area (TPSA) is 17.1 Å². The number of hydrogen-bond acceptors (Lipinski definition) is 1. The van der Waals surface area contributed by atoms with Gasteiger partial charge >= 0.3 is 0 Å². The minimum Gasteiger partial charge on any atom is -0.295 e. The van der Waals surface area contributed by atoms with Crippen molar-refractivity contribution in [2.45, 2.75) is 20.3 Å². The van der Waals surface area contributed by atoms with Crippen molar-refractivity contribution >= 4 is 5.78 Å². The van der Waals surface area contributed by atoms with Gasteiger partial charge in [0.2, 0.25) is 0 Å². The van der Waals surface area contributed by atoms with Gasteiger partial charge in [-0.25, -0.2) is 4.39 Å². The van der Waals surface area contributed by atoms with E-state index in [0.717, 1.165) is 6.08 Å². The van der Waals surface area contributed by atoms with Crippen molar-refractivity contribution in [3.8, 4) is 0 Å². The van der Waals surface area contributed by atoms with Gasteiger partial charge in [0, 0.05) is 12.5 Å². The third kappa shape index (κ3) is 3.53. The second kappa shape index (κ2) is 3.36. The number of carbonyl (C=O) groups is 1.